The van der Waals surface area contributed by atoms with E-state index in [2.05, 4.69) is 20.4 Å². The molecule has 11 N–H and O–H groups in total. The van der Waals surface area contributed by atoms with Gasteiger partial charge < -0.3 is 52.7 Å². The topological polar surface area (TPSA) is 293 Å². The van der Waals surface area contributed by atoms with Crippen molar-refractivity contribution in [3.63, 3.8) is 0 Å². The van der Waals surface area contributed by atoms with Gasteiger partial charge in [0.15, 0.2) is 22.3 Å². The van der Waals surface area contributed by atoms with Crippen LogP contribution in [0.5, 0.6) is 11.5 Å². The van der Waals surface area contributed by atoms with Gasteiger partial charge in [-0.3, -0.25) is 14.5 Å². The number of rotatable bonds is 11. The maximum absolute atomic E-state index is 13.4. The van der Waals surface area contributed by atoms with Crippen molar-refractivity contribution < 1.29 is 44.4 Å². The minimum atomic E-state index is -1.82. The molecule has 0 radical (unpaired) electrons. The molecule has 1 aromatic heterocycles. The van der Waals surface area contributed by atoms with E-state index >= 15 is 0 Å². The molecule has 3 aliphatic rings. The summed E-state index contributed by atoms with van der Waals surface area (Å²) in [6.07, 6.45) is 3.94. The van der Waals surface area contributed by atoms with Gasteiger partial charge in [-0.2, -0.15) is 0 Å². The third-order valence-corrected chi connectivity index (χ3v) is 8.93. The number of thioether (sulfide) groups is 1. The molecule has 0 bridgehead atoms. The lowest BCUT2D eigenvalue weighted by atomic mass is 10.0. The molecule has 1 fully saturated rings. The maximum Gasteiger partial charge on any atom is 0.352 e. The highest BCUT2D eigenvalue weighted by atomic mass is 32.2. The Bertz CT molecular complexity index is 1790. The molecule has 4 atom stereocenters. The fraction of sp³-hybridized carbons (Fsp3) is 0.222. The fourth-order valence-corrected chi connectivity index (χ4v) is 6.52. The van der Waals surface area contributed by atoms with E-state index in [4.69, 9.17) is 22.0 Å². The van der Waals surface area contributed by atoms with Gasteiger partial charge >= 0.3 is 11.9 Å². The molecule has 20 heteroatoms. The highest BCUT2D eigenvalue weighted by molar-refractivity contribution is 8.00. The number of carbonyl (C=O) groups excluding carboxylic acids is 2. The Balaban J connectivity index is 1.33. The van der Waals surface area contributed by atoms with Crippen LogP contribution in [0.4, 0.5) is 5.13 Å². The average Bonchev–Trinajstić information content (AvgIpc) is 3.45. The predicted octanol–water partition coefficient (Wildman–Crippen LogP) is -0.593. The minimum Gasteiger partial charge on any atom is -0.504 e. The van der Waals surface area contributed by atoms with Crippen molar-refractivity contribution in [1.82, 2.24) is 20.1 Å². The summed E-state index contributed by atoms with van der Waals surface area (Å²) < 4.78 is 0. The van der Waals surface area contributed by atoms with Crippen LogP contribution >= 0.6 is 23.1 Å². The normalized spacial score (nSPS) is 21.6. The molecule has 4 heterocycles. The van der Waals surface area contributed by atoms with Crippen molar-refractivity contribution in [3.05, 3.63) is 70.2 Å². The second kappa shape index (κ2) is 13.4. The second-order valence-electron chi connectivity index (χ2n) is 10.0. The van der Waals surface area contributed by atoms with E-state index in [0.29, 0.717) is 5.57 Å². The van der Waals surface area contributed by atoms with E-state index in [1.165, 1.54) is 29.5 Å². The molecule has 1 aromatic carbocycles. The van der Waals surface area contributed by atoms with Crippen molar-refractivity contribution in [2.45, 2.75) is 23.7 Å². The Kier molecular flexibility index (Phi) is 9.35. The van der Waals surface area contributed by atoms with Gasteiger partial charge in [0.1, 0.15) is 34.8 Å². The molecule has 47 heavy (non-hydrogen) atoms. The largest absolute Gasteiger partial charge is 0.504 e. The number of nitrogens with two attached hydrogens (primary N) is 3. The summed E-state index contributed by atoms with van der Waals surface area (Å²) in [5, 5.41) is 45.9. The molecular weight excluding hydrogens is 658 g/mol. The number of nitrogen functional groups attached to an aromatic ring is 1. The van der Waals surface area contributed by atoms with Gasteiger partial charge in [0.25, 0.3) is 11.8 Å². The molecule has 0 aliphatic carbocycles. The zero-order valence-electron chi connectivity index (χ0n) is 24.0. The van der Waals surface area contributed by atoms with Crippen LogP contribution in [0.15, 0.2) is 69.0 Å². The van der Waals surface area contributed by atoms with E-state index < -0.39 is 64.6 Å². The number of thiazole rings is 1. The van der Waals surface area contributed by atoms with Gasteiger partial charge in [-0.25, -0.2) is 19.6 Å². The number of aliphatic imine (C=N–C) groups is 1. The molecule has 3 unspecified atom stereocenters. The molecule has 5 rings (SSSR count). The molecule has 246 valence electrons. The number of aromatic nitrogens is 1. The minimum absolute atomic E-state index is 0.0550. The number of phenols is 2. The number of benzene rings is 1. The summed E-state index contributed by atoms with van der Waals surface area (Å²) >= 11 is 2.18. The number of oxime groups is 1. The lowest BCUT2D eigenvalue weighted by Gasteiger charge is -2.49. The first-order chi connectivity index (χ1) is 22.3. The van der Waals surface area contributed by atoms with Crippen LogP contribution in [0.1, 0.15) is 17.4 Å². The van der Waals surface area contributed by atoms with E-state index in [-0.39, 0.29) is 40.2 Å². The molecule has 18 nitrogen and oxygen atoms in total. The molecule has 0 spiro atoms. The number of aliphatic carboxylic acids is 2. The van der Waals surface area contributed by atoms with Crippen LogP contribution in [-0.2, 0) is 24.0 Å². The van der Waals surface area contributed by atoms with E-state index in [9.17, 15) is 39.6 Å². The Morgan fingerprint density at radius 2 is 1.98 bits per heavy atom. The third kappa shape index (κ3) is 6.83. The van der Waals surface area contributed by atoms with Crippen molar-refractivity contribution in [3.8, 4) is 11.5 Å². The molecular formula is C27H27N9O9S2. The lowest BCUT2D eigenvalue weighted by molar-refractivity contribution is -0.151. The number of β-lactam (4-membered cyclic amide) rings is 1. The van der Waals surface area contributed by atoms with Gasteiger partial charge in [-0.05, 0) is 23.8 Å². The molecule has 0 saturated carbocycles. The number of fused-ring (bicyclic) bond motifs is 1. The van der Waals surface area contributed by atoms with Crippen LogP contribution in [0.3, 0.4) is 0 Å². The van der Waals surface area contributed by atoms with Crippen LogP contribution in [-0.4, -0.2) is 101 Å². The van der Waals surface area contributed by atoms with Gasteiger partial charge in [0.05, 0.1) is 6.34 Å². The van der Waals surface area contributed by atoms with Crippen LogP contribution < -0.4 is 22.5 Å². The Morgan fingerprint density at radius 3 is 2.62 bits per heavy atom. The number of nitrogens with zero attached hydrogens (tertiary/aromatic N) is 5. The second-order valence-corrected chi connectivity index (χ2v) is 12.0. The Labute approximate surface area is 273 Å². The highest BCUT2D eigenvalue weighted by Crippen LogP contribution is 2.40. The van der Waals surface area contributed by atoms with Gasteiger partial charge in [-0.1, -0.05) is 23.4 Å². The first-order valence-electron chi connectivity index (χ1n) is 13.5. The monoisotopic (exact) mass is 685 g/mol. The molecule has 3 aliphatic heterocycles. The first-order valence-corrected chi connectivity index (χ1v) is 15.4. The Hall–Kier alpha value is -5.60. The summed E-state index contributed by atoms with van der Waals surface area (Å²) in [5.74, 6) is -5.19. The predicted molar refractivity (Wildman–Crippen MR) is 169 cm³/mol. The standard InChI is InChI=1S/C27H27N9O9S2/c28-16-7-17(29)35(10-31-16)5-1-2-12-8-46-24-19(23(40)36(24)20(12)25(41)42)33-22(39)18(13-9-47-27(30)32-13)34-45-21(26(43)44)11-3-4-14(37)15(38)6-11/h1-4,6-7,9-10,17,19,21,24,37-38H,5,8,28-29H2,(H2,30,32)(H,33,39)(H,41,42)(H,43,44)/b2-1+,34-18-/t17?,19?,21?,24-/m0/s1. The number of phenolic OH excluding ortho intramolecular Hbond substituents is 2. The van der Waals surface area contributed by atoms with E-state index in [0.717, 1.165) is 28.4 Å². The molecule has 2 amide bonds. The summed E-state index contributed by atoms with van der Waals surface area (Å²) in [7, 11) is 0. The number of carbonyl (C=O) groups is 4. The van der Waals surface area contributed by atoms with Crippen molar-refractivity contribution in [2.24, 2.45) is 21.6 Å². The number of carboxylic acid groups (broad SMARTS) is 2. The zero-order chi connectivity index (χ0) is 34.0. The maximum atomic E-state index is 13.4. The summed E-state index contributed by atoms with van der Waals surface area (Å²) in [4.78, 5) is 66.8. The SMILES string of the molecule is NC1=CC(N)N(C/C=C/C2=C(C(=O)O)N3C(=O)C(NC(=O)/C(=N\OC(C(=O)O)c4ccc(O)c(O)c4)c4csc(N)n4)[C@@H]3SC2)C=N1. The summed E-state index contributed by atoms with van der Waals surface area (Å²) in [5.41, 5.74) is 16.8. The molecule has 1 saturated heterocycles. The smallest absolute Gasteiger partial charge is 0.352 e. The number of hydrogen-bond acceptors (Lipinski definition) is 16. The lowest BCUT2D eigenvalue weighted by Crippen LogP contribution is -2.71. The van der Waals surface area contributed by atoms with Crippen molar-refractivity contribution in [2.75, 3.05) is 18.0 Å². The fourth-order valence-electron chi connectivity index (χ4n) is 4.66. The van der Waals surface area contributed by atoms with E-state index in [1.807, 2.05) is 0 Å². The number of carboxylic acids is 2. The number of allylic oxidation sites excluding steroid dienone is 1. The Morgan fingerprint density at radius 1 is 1.21 bits per heavy atom. The van der Waals surface area contributed by atoms with Crippen LogP contribution in [0, 0.1) is 0 Å². The van der Waals surface area contributed by atoms with Crippen LogP contribution in [0.25, 0.3) is 0 Å². The number of aromatic hydroxyl groups is 2. The quantitative estimate of drug-likeness (QED) is 0.0634. The van der Waals surface area contributed by atoms with Gasteiger partial charge in [0, 0.05) is 23.2 Å². The first kappa shape index (κ1) is 32.8. The van der Waals surface area contributed by atoms with Crippen molar-refractivity contribution >= 4 is 64.0 Å². The number of nitrogens with one attached hydrogen (secondary N) is 1. The number of amides is 2. The summed E-state index contributed by atoms with van der Waals surface area (Å²) in [6.45, 7) is 0.285. The molecule has 2 aromatic rings. The summed E-state index contributed by atoms with van der Waals surface area (Å²) in [6, 6.07) is 2.01. The average molecular weight is 686 g/mol. The third-order valence-electron chi connectivity index (χ3n) is 6.96. The number of hydrogen-bond donors (Lipinski definition) is 8. The van der Waals surface area contributed by atoms with Crippen molar-refractivity contribution in [1.29, 1.82) is 0 Å². The van der Waals surface area contributed by atoms with Gasteiger partial charge in [0.2, 0.25) is 6.10 Å². The van der Waals surface area contributed by atoms with Gasteiger partial charge in [-0.15, -0.1) is 23.1 Å². The highest BCUT2D eigenvalue weighted by Gasteiger charge is 2.54. The van der Waals surface area contributed by atoms with E-state index in [1.54, 1.807) is 23.1 Å². The number of anilines is 1. The zero-order valence-corrected chi connectivity index (χ0v) is 25.6. The van der Waals surface area contributed by atoms with Crippen LogP contribution in [0.2, 0.25) is 0 Å².